The Kier molecular flexibility index (Phi) is 3.85. The normalized spacial score (nSPS) is 17.2. The van der Waals surface area contributed by atoms with Crippen molar-refractivity contribution < 1.29 is 9.53 Å². The number of carbonyl (C=O) groups excluding carboxylic acids is 1. The van der Waals surface area contributed by atoms with Gasteiger partial charge in [-0.2, -0.15) is 10.1 Å². The van der Waals surface area contributed by atoms with Crippen LogP contribution in [0, 0.1) is 0 Å². The quantitative estimate of drug-likeness (QED) is 0.857. The summed E-state index contributed by atoms with van der Waals surface area (Å²) in [5.74, 6) is 1.31. The molecule has 1 aromatic heterocycles. The Bertz CT molecular complexity index is 621. The third kappa shape index (κ3) is 2.89. The molecule has 0 saturated carbocycles. The first-order valence-corrected chi connectivity index (χ1v) is 7.20. The number of anilines is 1. The summed E-state index contributed by atoms with van der Waals surface area (Å²) in [7, 11) is 0. The molecule has 0 radical (unpaired) electrons. The molecule has 0 fully saturated rings. The lowest BCUT2D eigenvalue weighted by atomic mass is 10.0. The summed E-state index contributed by atoms with van der Waals surface area (Å²) < 4.78 is 7.39. The maximum absolute atomic E-state index is 11.7. The van der Waals surface area contributed by atoms with Gasteiger partial charge < -0.3 is 4.74 Å². The van der Waals surface area contributed by atoms with Crippen molar-refractivity contribution in [1.82, 2.24) is 14.8 Å². The Balaban J connectivity index is 1.77. The van der Waals surface area contributed by atoms with Crippen LogP contribution in [0.25, 0.3) is 0 Å². The molecule has 6 nitrogen and oxygen atoms in total. The minimum absolute atomic E-state index is 0.0382. The van der Waals surface area contributed by atoms with Gasteiger partial charge >= 0.3 is 0 Å². The van der Waals surface area contributed by atoms with Crippen molar-refractivity contribution in [3.8, 4) is 5.75 Å². The van der Waals surface area contributed by atoms with Crippen molar-refractivity contribution in [3.05, 3.63) is 36.2 Å². The molecule has 1 aliphatic rings. The van der Waals surface area contributed by atoms with Gasteiger partial charge in [-0.15, -0.1) is 0 Å². The minimum atomic E-state index is -0.110. The zero-order valence-electron chi connectivity index (χ0n) is 12.0. The van der Waals surface area contributed by atoms with Crippen molar-refractivity contribution in [2.45, 2.75) is 32.2 Å². The van der Waals surface area contributed by atoms with Gasteiger partial charge in [0.2, 0.25) is 11.9 Å². The average Bonchev–Trinajstić information content (AvgIpc) is 2.95. The topological polar surface area (TPSA) is 69.0 Å². The second-order valence-corrected chi connectivity index (χ2v) is 5.07. The Morgan fingerprint density at radius 1 is 1.38 bits per heavy atom. The van der Waals surface area contributed by atoms with E-state index in [9.17, 15) is 4.79 Å². The fourth-order valence-electron chi connectivity index (χ4n) is 2.39. The van der Waals surface area contributed by atoms with Gasteiger partial charge in [0.05, 0.1) is 19.1 Å². The van der Waals surface area contributed by atoms with E-state index in [1.165, 1.54) is 6.33 Å². The Morgan fingerprint density at radius 2 is 2.19 bits per heavy atom. The number of unbranched alkanes of at least 4 members (excludes halogenated alkanes) is 1. The number of ether oxygens (including phenoxy) is 1. The van der Waals surface area contributed by atoms with Crippen LogP contribution in [-0.4, -0.2) is 27.3 Å². The third-order valence-corrected chi connectivity index (χ3v) is 3.53. The van der Waals surface area contributed by atoms with Crippen LogP contribution in [-0.2, 0) is 4.79 Å². The highest BCUT2D eigenvalue weighted by molar-refractivity contribution is 5.91. The molecule has 6 heteroatoms. The fraction of sp³-hybridized carbons (Fsp3) is 0.400. The van der Waals surface area contributed by atoms with E-state index >= 15 is 0 Å². The van der Waals surface area contributed by atoms with E-state index in [1.54, 1.807) is 4.68 Å². The molecule has 0 bridgehead atoms. The molecule has 1 amide bonds. The number of nitrogens with one attached hydrogen (secondary N) is 1. The van der Waals surface area contributed by atoms with E-state index in [1.807, 2.05) is 24.3 Å². The number of hydrogen-bond acceptors (Lipinski definition) is 4. The van der Waals surface area contributed by atoms with E-state index in [0.29, 0.717) is 12.4 Å². The van der Waals surface area contributed by atoms with Crippen LogP contribution < -0.4 is 10.1 Å². The van der Waals surface area contributed by atoms with Crippen LogP contribution in [0.3, 0.4) is 0 Å². The van der Waals surface area contributed by atoms with Crippen LogP contribution in [0.15, 0.2) is 30.6 Å². The summed E-state index contributed by atoms with van der Waals surface area (Å²) in [4.78, 5) is 15.8. The molecular weight excluding hydrogens is 268 g/mol. The molecule has 21 heavy (non-hydrogen) atoms. The van der Waals surface area contributed by atoms with Crippen LogP contribution in [0.4, 0.5) is 5.95 Å². The molecule has 0 unspecified atom stereocenters. The van der Waals surface area contributed by atoms with Gasteiger partial charge in [-0.1, -0.05) is 25.5 Å². The predicted octanol–water partition coefficient (Wildman–Crippen LogP) is 2.39. The number of fused-ring (bicyclic) bond motifs is 1. The SMILES string of the molecule is CCCCOc1ccc([C@@H]2CC(=O)Nc3ncnn32)cc1. The second kappa shape index (κ2) is 5.95. The van der Waals surface area contributed by atoms with Crippen molar-refractivity contribution in [2.24, 2.45) is 0 Å². The molecule has 110 valence electrons. The van der Waals surface area contributed by atoms with Crippen LogP contribution in [0.5, 0.6) is 5.75 Å². The van der Waals surface area contributed by atoms with E-state index in [2.05, 4.69) is 22.3 Å². The van der Waals surface area contributed by atoms with E-state index in [0.717, 1.165) is 30.8 Å². The molecule has 0 saturated heterocycles. The van der Waals surface area contributed by atoms with Gasteiger partial charge in [0.25, 0.3) is 0 Å². The zero-order valence-corrected chi connectivity index (χ0v) is 12.0. The molecule has 0 aliphatic carbocycles. The molecule has 1 N–H and O–H groups in total. The molecule has 2 aromatic rings. The first-order chi connectivity index (χ1) is 10.3. The first kappa shape index (κ1) is 13.6. The molecule has 3 rings (SSSR count). The average molecular weight is 286 g/mol. The van der Waals surface area contributed by atoms with Crippen LogP contribution >= 0.6 is 0 Å². The van der Waals surface area contributed by atoms with Crippen molar-refractivity contribution in [2.75, 3.05) is 11.9 Å². The standard InChI is InChI=1S/C15H18N4O2/c1-2-3-8-21-12-6-4-11(5-7-12)13-9-14(20)18-15-16-10-17-19(13)15/h4-7,10,13H,2-3,8-9H2,1H3,(H,16,17,18,20)/t13-/m0/s1. The lowest BCUT2D eigenvalue weighted by Gasteiger charge is -2.23. The number of aromatic nitrogens is 3. The summed E-state index contributed by atoms with van der Waals surface area (Å²) >= 11 is 0. The van der Waals surface area contributed by atoms with Crippen molar-refractivity contribution >= 4 is 11.9 Å². The molecule has 2 heterocycles. The van der Waals surface area contributed by atoms with Gasteiger partial charge in [0, 0.05) is 0 Å². The number of benzene rings is 1. The summed E-state index contributed by atoms with van der Waals surface area (Å²) in [6, 6.07) is 7.73. The lowest BCUT2D eigenvalue weighted by molar-refractivity contribution is -0.117. The minimum Gasteiger partial charge on any atom is -0.494 e. The van der Waals surface area contributed by atoms with Gasteiger partial charge in [0.1, 0.15) is 12.1 Å². The highest BCUT2D eigenvalue weighted by atomic mass is 16.5. The van der Waals surface area contributed by atoms with Crippen molar-refractivity contribution in [3.63, 3.8) is 0 Å². The fourth-order valence-corrected chi connectivity index (χ4v) is 2.39. The molecule has 1 aromatic carbocycles. The summed E-state index contributed by atoms with van der Waals surface area (Å²) in [5, 5.41) is 6.90. The molecule has 1 aliphatic heterocycles. The van der Waals surface area contributed by atoms with Gasteiger partial charge in [0.15, 0.2) is 0 Å². The van der Waals surface area contributed by atoms with Crippen LogP contribution in [0.1, 0.15) is 37.8 Å². The number of carbonyl (C=O) groups is 1. The highest BCUT2D eigenvalue weighted by Crippen LogP contribution is 2.29. The summed E-state index contributed by atoms with van der Waals surface area (Å²) in [6.07, 6.45) is 3.99. The third-order valence-electron chi connectivity index (χ3n) is 3.53. The number of hydrogen-bond donors (Lipinski definition) is 1. The molecule has 1 atom stereocenters. The zero-order chi connectivity index (χ0) is 14.7. The smallest absolute Gasteiger partial charge is 0.229 e. The maximum Gasteiger partial charge on any atom is 0.229 e. The summed E-state index contributed by atoms with van der Waals surface area (Å²) in [5.41, 5.74) is 1.03. The van der Waals surface area contributed by atoms with E-state index < -0.39 is 0 Å². The lowest BCUT2D eigenvalue weighted by Crippen LogP contribution is -2.29. The second-order valence-electron chi connectivity index (χ2n) is 5.07. The van der Waals surface area contributed by atoms with Gasteiger partial charge in [-0.25, -0.2) is 4.68 Å². The number of rotatable bonds is 5. The van der Waals surface area contributed by atoms with Crippen molar-refractivity contribution in [1.29, 1.82) is 0 Å². The van der Waals surface area contributed by atoms with Gasteiger partial charge in [-0.3, -0.25) is 10.1 Å². The number of amides is 1. The molecule has 0 spiro atoms. The first-order valence-electron chi connectivity index (χ1n) is 7.20. The highest BCUT2D eigenvalue weighted by Gasteiger charge is 2.27. The molecular formula is C15H18N4O2. The van der Waals surface area contributed by atoms with Crippen LogP contribution in [0.2, 0.25) is 0 Å². The maximum atomic E-state index is 11.7. The van der Waals surface area contributed by atoms with Gasteiger partial charge in [-0.05, 0) is 24.1 Å². The monoisotopic (exact) mass is 286 g/mol. The summed E-state index contributed by atoms with van der Waals surface area (Å²) in [6.45, 7) is 2.87. The predicted molar refractivity (Wildman–Crippen MR) is 78.3 cm³/mol. The van der Waals surface area contributed by atoms with E-state index in [4.69, 9.17) is 4.74 Å². The van der Waals surface area contributed by atoms with E-state index in [-0.39, 0.29) is 11.9 Å². The number of nitrogens with zero attached hydrogens (tertiary/aromatic N) is 3. The largest absolute Gasteiger partial charge is 0.494 e. The Labute approximate surface area is 123 Å². The Hall–Kier alpha value is -2.37. The Morgan fingerprint density at radius 3 is 2.95 bits per heavy atom.